The van der Waals surface area contributed by atoms with E-state index in [1.165, 1.54) is 0 Å². The maximum atomic E-state index is 12.4. The molecule has 5 nitrogen and oxygen atoms in total. The molecule has 0 bridgehead atoms. The van der Waals surface area contributed by atoms with Crippen LogP contribution in [0.25, 0.3) is 0 Å². The first-order valence-corrected chi connectivity index (χ1v) is 9.54. The van der Waals surface area contributed by atoms with Crippen LogP contribution >= 0.6 is 0 Å². The lowest BCUT2D eigenvalue weighted by Gasteiger charge is -2.28. The van der Waals surface area contributed by atoms with Crippen LogP contribution in [0.4, 0.5) is 0 Å². The van der Waals surface area contributed by atoms with E-state index in [1.807, 2.05) is 11.8 Å². The minimum atomic E-state index is -2.93. The Hall–Kier alpha value is -0.620. The molecule has 0 aromatic heterocycles. The molecule has 2 atom stereocenters. The second kappa shape index (κ2) is 6.89. The summed E-state index contributed by atoms with van der Waals surface area (Å²) >= 11 is 0. The summed E-state index contributed by atoms with van der Waals surface area (Å²) in [5, 5.41) is 3.31. The Morgan fingerprint density at radius 2 is 2.15 bits per heavy atom. The van der Waals surface area contributed by atoms with Crippen LogP contribution in [0.3, 0.4) is 0 Å². The summed E-state index contributed by atoms with van der Waals surface area (Å²) in [6, 6.07) is -0.0887. The van der Waals surface area contributed by atoms with Crippen LogP contribution in [0.5, 0.6) is 0 Å². The van der Waals surface area contributed by atoms with Gasteiger partial charge in [0.25, 0.3) is 0 Å². The van der Waals surface area contributed by atoms with Gasteiger partial charge in [0.1, 0.15) is 0 Å². The van der Waals surface area contributed by atoms with Gasteiger partial charge in [0.2, 0.25) is 5.91 Å². The van der Waals surface area contributed by atoms with Gasteiger partial charge in [-0.25, -0.2) is 8.42 Å². The van der Waals surface area contributed by atoms with Crippen molar-refractivity contribution in [2.24, 2.45) is 5.92 Å². The lowest BCUT2D eigenvalue weighted by atomic mass is 10.0. The van der Waals surface area contributed by atoms with Gasteiger partial charge in [-0.3, -0.25) is 4.79 Å². The van der Waals surface area contributed by atoms with Crippen LogP contribution in [0.1, 0.15) is 39.0 Å². The normalized spacial score (nSPS) is 28.6. The molecule has 1 N–H and O–H groups in total. The molecule has 0 radical (unpaired) electrons. The first kappa shape index (κ1) is 15.8. The molecule has 2 fully saturated rings. The second-order valence-electron chi connectivity index (χ2n) is 6.04. The zero-order valence-electron chi connectivity index (χ0n) is 12.3. The first-order valence-electron chi connectivity index (χ1n) is 7.72. The minimum Gasteiger partial charge on any atom is -0.339 e. The van der Waals surface area contributed by atoms with Crippen molar-refractivity contribution >= 4 is 15.7 Å². The topological polar surface area (TPSA) is 66.5 Å². The number of hydrogen-bond donors (Lipinski definition) is 1. The zero-order valence-corrected chi connectivity index (χ0v) is 13.1. The summed E-state index contributed by atoms with van der Waals surface area (Å²) in [5.41, 5.74) is 0. The number of nitrogens with one attached hydrogen (secondary N) is 1. The number of sulfone groups is 1. The fraction of sp³-hybridized carbons (Fsp3) is 0.929. The molecule has 1 amide bonds. The van der Waals surface area contributed by atoms with Gasteiger partial charge in [-0.05, 0) is 44.7 Å². The van der Waals surface area contributed by atoms with Gasteiger partial charge in [-0.1, -0.05) is 6.92 Å². The van der Waals surface area contributed by atoms with Crippen molar-refractivity contribution in [2.75, 3.05) is 31.1 Å². The first-order chi connectivity index (χ1) is 9.52. The molecule has 2 rings (SSSR count). The fourth-order valence-corrected chi connectivity index (χ4v) is 4.94. The third kappa shape index (κ3) is 4.19. The predicted molar refractivity (Wildman–Crippen MR) is 79.3 cm³/mol. The van der Waals surface area contributed by atoms with Crippen LogP contribution in [-0.4, -0.2) is 56.4 Å². The van der Waals surface area contributed by atoms with Crippen LogP contribution < -0.4 is 5.32 Å². The molecule has 0 saturated carbocycles. The highest BCUT2D eigenvalue weighted by Gasteiger charge is 2.34. The van der Waals surface area contributed by atoms with E-state index in [2.05, 4.69) is 5.32 Å². The lowest BCUT2D eigenvalue weighted by Crippen LogP contribution is -2.41. The number of carbonyl (C=O) groups excluding carboxylic acids is 1. The minimum absolute atomic E-state index is 0.0887. The molecule has 0 aliphatic carbocycles. The van der Waals surface area contributed by atoms with E-state index in [9.17, 15) is 13.2 Å². The third-order valence-electron chi connectivity index (χ3n) is 4.36. The Labute approximate surface area is 122 Å². The van der Waals surface area contributed by atoms with E-state index in [0.29, 0.717) is 25.3 Å². The van der Waals surface area contributed by atoms with Crippen molar-refractivity contribution in [1.29, 1.82) is 0 Å². The quantitative estimate of drug-likeness (QED) is 0.788. The SMILES string of the molecule is CCCN(C(=O)CCC1CCNC1)C1CCS(=O)(=O)C1. The van der Waals surface area contributed by atoms with Crippen molar-refractivity contribution in [2.45, 2.75) is 45.1 Å². The van der Waals surface area contributed by atoms with Gasteiger partial charge < -0.3 is 10.2 Å². The van der Waals surface area contributed by atoms with E-state index in [4.69, 9.17) is 0 Å². The molecule has 2 saturated heterocycles. The standard InChI is InChI=1S/C14H26N2O3S/c1-2-8-16(13-6-9-20(18,19)11-13)14(17)4-3-12-5-7-15-10-12/h12-13,15H,2-11H2,1H3. The van der Waals surface area contributed by atoms with Gasteiger partial charge in [0.05, 0.1) is 11.5 Å². The van der Waals surface area contributed by atoms with E-state index < -0.39 is 9.84 Å². The Balaban J connectivity index is 1.88. The Morgan fingerprint density at radius 3 is 2.70 bits per heavy atom. The number of hydrogen-bond acceptors (Lipinski definition) is 4. The summed E-state index contributed by atoms with van der Waals surface area (Å²) in [6.45, 7) is 4.78. The van der Waals surface area contributed by atoms with Crippen molar-refractivity contribution in [3.05, 3.63) is 0 Å². The Bertz CT molecular complexity index is 430. The summed E-state index contributed by atoms with van der Waals surface area (Å²) in [4.78, 5) is 14.2. The second-order valence-corrected chi connectivity index (χ2v) is 8.27. The molecule has 116 valence electrons. The average Bonchev–Trinajstić information content (AvgIpc) is 3.02. The molecular weight excluding hydrogens is 276 g/mol. The number of carbonyl (C=O) groups is 1. The summed E-state index contributed by atoms with van der Waals surface area (Å²) in [7, 11) is -2.93. The summed E-state index contributed by atoms with van der Waals surface area (Å²) in [5.74, 6) is 1.14. The highest BCUT2D eigenvalue weighted by atomic mass is 32.2. The van der Waals surface area contributed by atoms with Crippen LogP contribution in [0.2, 0.25) is 0 Å². The van der Waals surface area contributed by atoms with Crippen LogP contribution in [-0.2, 0) is 14.6 Å². The van der Waals surface area contributed by atoms with Crippen molar-refractivity contribution < 1.29 is 13.2 Å². The summed E-state index contributed by atoms with van der Waals surface area (Å²) < 4.78 is 23.2. The fourth-order valence-electron chi connectivity index (χ4n) is 3.21. The van der Waals surface area contributed by atoms with Crippen LogP contribution in [0.15, 0.2) is 0 Å². The Morgan fingerprint density at radius 1 is 1.35 bits per heavy atom. The molecule has 2 unspecified atom stereocenters. The van der Waals surface area contributed by atoms with Gasteiger partial charge in [-0.15, -0.1) is 0 Å². The van der Waals surface area contributed by atoms with E-state index >= 15 is 0 Å². The number of amides is 1. The molecule has 6 heteroatoms. The predicted octanol–water partition coefficient (Wildman–Crippen LogP) is 0.802. The van der Waals surface area contributed by atoms with E-state index in [0.717, 1.165) is 32.4 Å². The number of rotatable bonds is 6. The average molecular weight is 302 g/mol. The molecule has 2 heterocycles. The largest absolute Gasteiger partial charge is 0.339 e. The molecule has 2 aliphatic heterocycles. The van der Waals surface area contributed by atoms with Crippen molar-refractivity contribution in [3.63, 3.8) is 0 Å². The Kier molecular flexibility index (Phi) is 5.43. The molecule has 0 spiro atoms. The summed E-state index contributed by atoms with van der Waals surface area (Å²) in [6.07, 6.45) is 4.12. The zero-order chi connectivity index (χ0) is 14.6. The third-order valence-corrected chi connectivity index (χ3v) is 6.11. The van der Waals surface area contributed by atoms with E-state index in [-0.39, 0.29) is 23.5 Å². The lowest BCUT2D eigenvalue weighted by molar-refractivity contribution is -0.133. The van der Waals surface area contributed by atoms with Crippen molar-refractivity contribution in [3.8, 4) is 0 Å². The van der Waals surface area contributed by atoms with Gasteiger partial charge >= 0.3 is 0 Å². The molecule has 20 heavy (non-hydrogen) atoms. The van der Waals surface area contributed by atoms with Crippen LogP contribution in [0, 0.1) is 5.92 Å². The molecular formula is C14H26N2O3S. The monoisotopic (exact) mass is 302 g/mol. The maximum Gasteiger partial charge on any atom is 0.222 e. The smallest absolute Gasteiger partial charge is 0.222 e. The molecule has 0 aromatic carbocycles. The van der Waals surface area contributed by atoms with Gasteiger partial charge in [0.15, 0.2) is 9.84 Å². The highest BCUT2D eigenvalue weighted by Crippen LogP contribution is 2.21. The molecule has 0 aromatic rings. The van der Waals surface area contributed by atoms with E-state index in [1.54, 1.807) is 0 Å². The van der Waals surface area contributed by atoms with Gasteiger partial charge in [-0.2, -0.15) is 0 Å². The van der Waals surface area contributed by atoms with Crippen molar-refractivity contribution in [1.82, 2.24) is 10.2 Å². The highest BCUT2D eigenvalue weighted by molar-refractivity contribution is 7.91. The van der Waals surface area contributed by atoms with Gasteiger partial charge in [0, 0.05) is 19.0 Å². The maximum absolute atomic E-state index is 12.4. The number of nitrogens with zero attached hydrogens (tertiary/aromatic N) is 1. The molecule has 2 aliphatic rings.